The van der Waals surface area contributed by atoms with Crippen molar-refractivity contribution >= 4 is 11.9 Å². The lowest BCUT2D eigenvalue weighted by molar-refractivity contribution is -0.148. The van der Waals surface area contributed by atoms with Gasteiger partial charge in [-0.2, -0.15) is 0 Å². The van der Waals surface area contributed by atoms with E-state index in [-0.39, 0.29) is 11.8 Å². The highest BCUT2D eigenvalue weighted by molar-refractivity contribution is 5.83. The molecule has 2 aromatic rings. The van der Waals surface area contributed by atoms with Crippen LogP contribution in [0.4, 0.5) is 0 Å². The number of hydrogen-bond acceptors (Lipinski definition) is 2. The van der Waals surface area contributed by atoms with Crippen molar-refractivity contribution in [3.63, 3.8) is 0 Å². The van der Waals surface area contributed by atoms with E-state index in [0.717, 1.165) is 11.1 Å². The second-order valence-corrected chi connectivity index (χ2v) is 7.15. The summed E-state index contributed by atoms with van der Waals surface area (Å²) < 4.78 is 0. The van der Waals surface area contributed by atoms with Gasteiger partial charge in [0.2, 0.25) is 5.91 Å². The minimum Gasteiger partial charge on any atom is -0.481 e. The second kappa shape index (κ2) is 7.73. The molecule has 4 nitrogen and oxygen atoms in total. The van der Waals surface area contributed by atoms with Gasteiger partial charge in [0.1, 0.15) is 0 Å². The van der Waals surface area contributed by atoms with E-state index in [9.17, 15) is 14.7 Å². The molecule has 1 heterocycles. The number of aliphatic carboxylic acids is 1. The topological polar surface area (TPSA) is 57.6 Å². The molecule has 1 amide bonds. The standard InChI is InChI=1S/C22H25NO3/c1-17(18-8-4-2-5-9-18)16-20(24)23-14-12-22(13-15-23,21(25)26)19-10-6-3-7-11-19/h2-11,17H,12-16H2,1H3,(H,25,26). The van der Waals surface area contributed by atoms with Crippen molar-refractivity contribution in [2.45, 2.75) is 37.5 Å². The largest absolute Gasteiger partial charge is 0.481 e. The highest BCUT2D eigenvalue weighted by Crippen LogP contribution is 2.36. The number of amides is 1. The first kappa shape index (κ1) is 18.2. The molecular formula is C22H25NO3. The Bertz CT molecular complexity index is 749. The minimum atomic E-state index is -0.886. The summed E-state index contributed by atoms with van der Waals surface area (Å²) in [7, 11) is 0. The van der Waals surface area contributed by atoms with Gasteiger partial charge in [-0.25, -0.2) is 0 Å². The van der Waals surface area contributed by atoms with Crippen molar-refractivity contribution in [3.8, 4) is 0 Å². The normalized spacial score (nSPS) is 17.5. The SMILES string of the molecule is CC(CC(=O)N1CCC(C(=O)O)(c2ccccc2)CC1)c1ccccc1. The lowest BCUT2D eigenvalue weighted by atomic mass is 9.72. The molecule has 4 heteroatoms. The van der Waals surface area contributed by atoms with Crippen LogP contribution < -0.4 is 0 Å². The molecule has 26 heavy (non-hydrogen) atoms. The van der Waals surface area contributed by atoms with Gasteiger partial charge >= 0.3 is 5.97 Å². The number of benzene rings is 2. The lowest BCUT2D eigenvalue weighted by Crippen LogP contribution is -2.49. The molecular weight excluding hydrogens is 326 g/mol. The number of carboxylic acid groups (broad SMARTS) is 1. The van der Waals surface area contributed by atoms with Crippen molar-refractivity contribution in [1.82, 2.24) is 4.90 Å². The quantitative estimate of drug-likeness (QED) is 0.891. The Kier molecular flexibility index (Phi) is 5.40. The van der Waals surface area contributed by atoms with Crippen molar-refractivity contribution in [1.29, 1.82) is 0 Å². The molecule has 3 rings (SSSR count). The Balaban J connectivity index is 1.65. The van der Waals surface area contributed by atoms with Crippen LogP contribution in [-0.4, -0.2) is 35.0 Å². The van der Waals surface area contributed by atoms with Gasteiger partial charge in [-0.1, -0.05) is 67.6 Å². The Morgan fingerprint density at radius 2 is 1.54 bits per heavy atom. The van der Waals surface area contributed by atoms with Crippen LogP contribution in [0.2, 0.25) is 0 Å². The molecule has 1 aliphatic rings. The summed E-state index contributed by atoms with van der Waals surface area (Å²) in [5.41, 5.74) is 1.10. The van der Waals surface area contributed by atoms with Gasteiger partial charge < -0.3 is 10.0 Å². The summed E-state index contributed by atoms with van der Waals surface area (Å²) in [5.74, 6) is -0.536. The lowest BCUT2D eigenvalue weighted by Gasteiger charge is -2.39. The molecule has 1 fully saturated rings. The molecule has 1 N–H and O–H groups in total. The Hall–Kier alpha value is -2.62. The molecule has 0 saturated carbocycles. The van der Waals surface area contributed by atoms with Gasteiger partial charge in [-0.05, 0) is 29.9 Å². The van der Waals surface area contributed by atoms with Crippen LogP contribution in [0.3, 0.4) is 0 Å². The molecule has 1 saturated heterocycles. The summed E-state index contributed by atoms with van der Waals surface area (Å²) >= 11 is 0. The van der Waals surface area contributed by atoms with E-state index in [2.05, 4.69) is 6.92 Å². The maximum Gasteiger partial charge on any atom is 0.314 e. The van der Waals surface area contributed by atoms with E-state index < -0.39 is 11.4 Å². The number of likely N-dealkylation sites (tertiary alicyclic amines) is 1. The van der Waals surface area contributed by atoms with Crippen LogP contribution in [0.5, 0.6) is 0 Å². The van der Waals surface area contributed by atoms with E-state index in [4.69, 9.17) is 0 Å². The Labute approximate surface area is 154 Å². The van der Waals surface area contributed by atoms with Gasteiger partial charge in [0.25, 0.3) is 0 Å². The molecule has 0 spiro atoms. The predicted octanol–water partition coefficient (Wildman–Crippen LogP) is 3.83. The first-order chi connectivity index (χ1) is 12.5. The van der Waals surface area contributed by atoms with E-state index >= 15 is 0 Å². The number of piperidine rings is 1. The molecule has 2 aromatic carbocycles. The van der Waals surface area contributed by atoms with Gasteiger partial charge in [0, 0.05) is 19.5 Å². The fourth-order valence-corrected chi connectivity index (χ4v) is 3.81. The summed E-state index contributed by atoms with van der Waals surface area (Å²) in [6.07, 6.45) is 1.37. The Morgan fingerprint density at radius 1 is 1.00 bits per heavy atom. The van der Waals surface area contributed by atoms with E-state index in [1.165, 1.54) is 0 Å². The number of rotatable bonds is 5. The monoisotopic (exact) mass is 351 g/mol. The molecule has 136 valence electrons. The molecule has 1 unspecified atom stereocenters. The zero-order valence-electron chi connectivity index (χ0n) is 15.1. The third kappa shape index (κ3) is 3.64. The summed E-state index contributed by atoms with van der Waals surface area (Å²) in [6.45, 7) is 3.03. The zero-order chi connectivity index (χ0) is 18.6. The number of carbonyl (C=O) groups is 2. The van der Waals surface area contributed by atoms with Crippen LogP contribution in [-0.2, 0) is 15.0 Å². The van der Waals surface area contributed by atoms with Crippen molar-refractivity contribution in [2.75, 3.05) is 13.1 Å². The highest BCUT2D eigenvalue weighted by Gasteiger charge is 2.43. The first-order valence-corrected chi connectivity index (χ1v) is 9.14. The maximum atomic E-state index is 12.7. The van der Waals surface area contributed by atoms with Crippen LogP contribution in [0.25, 0.3) is 0 Å². The molecule has 0 bridgehead atoms. The minimum absolute atomic E-state index is 0.105. The van der Waals surface area contributed by atoms with Crippen LogP contribution in [0.1, 0.15) is 43.2 Å². The van der Waals surface area contributed by atoms with Gasteiger partial charge in [-0.3, -0.25) is 9.59 Å². The van der Waals surface area contributed by atoms with E-state index in [0.29, 0.717) is 32.4 Å². The average Bonchev–Trinajstić information content (AvgIpc) is 2.69. The van der Waals surface area contributed by atoms with Gasteiger partial charge in [0.15, 0.2) is 0 Å². The van der Waals surface area contributed by atoms with Crippen LogP contribution >= 0.6 is 0 Å². The van der Waals surface area contributed by atoms with Crippen molar-refractivity contribution in [3.05, 3.63) is 71.8 Å². The molecule has 0 aromatic heterocycles. The third-order valence-corrected chi connectivity index (χ3v) is 5.55. The smallest absolute Gasteiger partial charge is 0.314 e. The number of hydrogen-bond donors (Lipinski definition) is 1. The van der Waals surface area contributed by atoms with Gasteiger partial charge in [-0.15, -0.1) is 0 Å². The third-order valence-electron chi connectivity index (χ3n) is 5.55. The predicted molar refractivity (Wildman–Crippen MR) is 101 cm³/mol. The molecule has 0 radical (unpaired) electrons. The highest BCUT2D eigenvalue weighted by atomic mass is 16.4. The Morgan fingerprint density at radius 3 is 2.08 bits per heavy atom. The van der Waals surface area contributed by atoms with Crippen molar-refractivity contribution < 1.29 is 14.7 Å². The van der Waals surface area contributed by atoms with Crippen LogP contribution in [0, 0.1) is 0 Å². The zero-order valence-corrected chi connectivity index (χ0v) is 15.1. The molecule has 0 aliphatic carbocycles. The average molecular weight is 351 g/mol. The van der Waals surface area contributed by atoms with Gasteiger partial charge in [0.05, 0.1) is 5.41 Å². The summed E-state index contributed by atoms with van der Waals surface area (Å²) in [6, 6.07) is 19.4. The number of carbonyl (C=O) groups excluding carboxylic acids is 1. The maximum absolute atomic E-state index is 12.7. The molecule has 1 aliphatic heterocycles. The molecule has 1 atom stereocenters. The summed E-state index contributed by atoms with van der Waals surface area (Å²) in [5, 5.41) is 9.86. The van der Waals surface area contributed by atoms with E-state index in [1.807, 2.05) is 65.6 Å². The number of carboxylic acids is 1. The van der Waals surface area contributed by atoms with E-state index in [1.54, 1.807) is 0 Å². The second-order valence-electron chi connectivity index (χ2n) is 7.15. The fourth-order valence-electron chi connectivity index (χ4n) is 3.81. The number of nitrogens with zero attached hydrogens (tertiary/aromatic N) is 1. The van der Waals surface area contributed by atoms with Crippen LogP contribution in [0.15, 0.2) is 60.7 Å². The first-order valence-electron chi connectivity index (χ1n) is 9.14. The fraction of sp³-hybridized carbons (Fsp3) is 0.364. The van der Waals surface area contributed by atoms with Crippen molar-refractivity contribution in [2.24, 2.45) is 0 Å². The summed E-state index contributed by atoms with van der Waals surface area (Å²) in [4.78, 5) is 26.5.